The summed E-state index contributed by atoms with van der Waals surface area (Å²) >= 11 is 1.70. The monoisotopic (exact) mass is 301 g/mol. The van der Waals surface area contributed by atoms with Crippen molar-refractivity contribution in [3.05, 3.63) is 29.5 Å². The summed E-state index contributed by atoms with van der Waals surface area (Å²) in [6, 6.07) is 2.04. The first-order chi connectivity index (χ1) is 10.3. The van der Waals surface area contributed by atoms with E-state index in [1.807, 2.05) is 13.0 Å². The Morgan fingerprint density at radius 3 is 2.90 bits per heavy atom. The Bertz CT molecular complexity index is 759. The van der Waals surface area contributed by atoms with Gasteiger partial charge in [0.05, 0.1) is 10.2 Å². The van der Waals surface area contributed by atoms with E-state index < -0.39 is 0 Å². The molecule has 0 aromatic carbocycles. The second-order valence-electron chi connectivity index (χ2n) is 5.27. The van der Waals surface area contributed by atoms with Crippen LogP contribution in [0.25, 0.3) is 10.2 Å². The molecular weight excluding hydrogens is 286 g/mol. The van der Waals surface area contributed by atoms with Gasteiger partial charge in [0.15, 0.2) is 5.82 Å². The number of nitrogens with zero attached hydrogens (tertiary/aromatic N) is 5. The Morgan fingerprint density at radius 1 is 1.29 bits per heavy atom. The van der Waals surface area contributed by atoms with Crippen molar-refractivity contribution in [3.8, 4) is 0 Å². The summed E-state index contributed by atoms with van der Waals surface area (Å²) in [7, 11) is 0. The van der Waals surface area contributed by atoms with Crippen LogP contribution in [0.1, 0.15) is 30.5 Å². The van der Waals surface area contributed by atoms with E-state index >= 15 is 0 Å². The average Bonchev–Trinajstić information content (AvgIpc) is 3.15. The molecule has 3 aromatic heterocycles. The lowest BCUT2D eigenvalue weighted by Crippen LogP contribution is -2.33. The number of piperidine rings is 1. The molecule has 1 aliphatic heterocycles. The molecule has 6 nitrogen and oxygen atoms in total. The maximum absolute atomic E-state index is 5.30. The van der Waals surface area contributed by atoms with E-state index in [4.69, 9.17) is 4.52 Å². The highest BCUT2D eigenvalue weighted by molar-refractivity contribution is 7.17. The van der Waals surface area contributed by atoms with Crippen LogP contribution in [0.15, 0.2) is 22.3 Å². The highest BCUT2D eigenvalue weighted by Crippen LogP contribution is 2.33. The predicted molar refractivity (Wildman–Crippen MR) is 80.6 cm³/mol. The largest absolute Gasteiger partial charge is 0.355 e. The molecule has 3 aromatic rings. The fourth-order valence-corrected chi connectivity index (χ4v) is 3.68. The highest BCUT2D eigenvalue weighted by Gasteiger charge is 2.26. The van der Waals surface area contributed by atoms with Gasteiger partial charge < -0.3 is 9.42 Å². The van der Waals surface area contributed by atoms with E-state index in [0.29, 0.717) is 11.7 Å². The summed E-state index contributed by atoms with van der Waals surface area (Å²) in [5, 5.41) is 5.95. The molecule has 7 heteroatoms. The first kappa shape index (κ1) is 12.7. The summed E-state index contributed by atoms with van der Waals surface area (Å²) in [6.07, 6.45) is 3.68. The molecule has 0 radical (unpaired) electrons. The maximum atomic E-state index is 5.30. The number of rotatable bonds is 2. The van der Waals surface area contributed by atoms with Gasteiger partial charge in [-0.15, -0.1) is 11.3 Å². The van der Waals surface area contributed by atoms with Crippen molar-refractivity contribution in [3.63, 3.8) is 0 Å². The normalized spacial score (nSPS) is 16.7. The Labute approximate surface area is 125 Å². The van der Waals surface area contributed by atoms with Crippen LogP contribution >= 0.6 is 11.3 Å². The van der Waals surface area contributed by atoms with Crippen LogP contribution in [0.3, 0.4) is 0 Å². The van der Waals surface area contributed by atoms with Gasteiger partial charge in [-0.3, -0.25) is 0 Å². The van der Waals surface area contributed by atoms with Crippen molar-refractivity contribution in [1.29, 1.82) is 0 Å². The summed E-state index contributed by atoms with van der Waals surface area (Å²) in [4.78, 5) is 15.5. The lowest BCUT2D eigenvalue weighted by Gasteiger charge is -2.31. The van der Waals surface area contributed by atoms with Crippen LogP contribution in [0, 0.1) is 6.92 Å². The van der Waals surface area contributed by atoms with Gasteiger partial charge in [-0.25, -0.2) is 9.97 Å². The molecule has 0 unspecified atom stereocenters. The molecule has 0 atom stereocenters. The van der Waals surface area contributed by atoms with E-state index in [1.165, 1.54) is 4.70 Å². The Kier molecular flexibility index (Phi) is 3.07. The van der Waals surface area contributed by atoms with Gasteiger partial charge in [-0.1, -0.05) is 5.16 Å². The third-order valence-corrected chi connectivity index (χ3v) is 4.81. The van der Waals surface area contributed by atoms with Gasteiger partial charge in [0.2, 0.25) is 5.89 Å². The zero-order valence-electron chi connectivity index (χ0n) is 11.7. The van der Waals surface area contributed by atoms with Crippen LogP contribution in [-0.2, 0) is 0 Å². The minimum absolute atomic E-state index is 0.364. The minimum atomic E-state index is 0.364. The third kappa shape index (κ3) is 2.27. The lowest BCUT2D eigenvalue weighted by molar-refractivity contribution is 0.327. The molecule has 1 saturated heterocycles. The fraction of sp³-hybridized carbons (Fsp3) is 0.429. The molecule has 0 saturated carbocycles. The second kappa shape index (κ2) is 5.07. The van der Waals surface area contributed by atoms with Crippen molar-refractivity contribution in [1.82, 2.24) is 20.1 Å². The molecule has 0 aliphatic carbocycles. The van der Waals surface area contributed by atoms with Crippen LogP contribution in [0.2, 0.25) is 0 Å². The molecule has 0 bridgehead atoms. The molecule has 1 aliphatic rings. The number of anilines is 1. The lowest BCUT2D eigenvalue weighted by atomic mass is 9.97. The molecule has 0 spiro atoms. The number of aryl methyl sites for hydroxylation is 1. The second-order valence-corrected chi connectivity index (χ2v) is 6.19. The van der Waals surface area contributed by atoms with Gasteiger partial charge in [-0.2, -0.15) is 4.98 Å². The van der Waals surface area contributed by atoms with Gasteiger partial charge >= 0.3 is 0 Å². The van der Waals surface area contributed by atoms with Crippen molar-refractivity contribution in [2.24, 2.45) is 0 Å². The molecule has 4 heterocycles. The summed E-state index contributed by atoms with van der Waals surface area (Å²) in [5.74, 6) is 2.90. The van der Waals surface area contributed by atoms with Crippen LogP contribution in [-0.4, -0.2) is 33.2 Å². The topological polar surface area (TPSA) is 67.9 Å². The van der Waals surface area contributed by atoms with E-state index in [1.54, 1.807) is 17.7 Å². The minimum Gasteiger partial charge on any atom is -0.355 e. The predicted octanol–water partition coefficient (Wildman–Crippen LogP) is 2.77. The first-order valence-corrected chi connectivity index (χ1v) is 7.92. The number of hydrogen-bond donors (Lipinski definition) is 0. The Hall–Kier alpha value is -2.02. The smallest absolute Gasteiger partial charge is 0.229 e. The van der Waals surface area contributed by atoms with Crippen molar-refractivity contribution >= 4 is 27.4 Å². The van der Waals surface area contributed by atoms with Crippen molar-refractivity contribution < 1.29 is 4.52 Å². The quantitative estimate of drug-likeness (QED) is 0.725. The standard InChI is InChI=1S/C14H15N5OS/c1-9-17-14(20-18-9)10-2-5-19(6-3-10)13-12-11(4-7-21-12)15-8-16-13/h4,7-8,10H,2-3,5-6H2,1H3. The van der Waals surface area contributed by atoms with Gasteiger partial charge in [0, 0.05) is 19.0 Å². The number of hydrogen-bond acceptors (Lipinski definition) is 7. The maximum Gasteiger partial charge on any atom is 0.229 e. The van der Waals surface area contributed by atoms with Gasteiger partial charge in [-0.05, 0) is 31.2 Å². The molecule has 0 amide bonds. The summed E-state index contributed by atoms with van der Waals surface area (Å²) in [6.45, 7) is 3.77. The highest BCUT2D eigenvalue weighted by atomic mass is 32.1. The Balaban J connectivity index is 1.53. The molecule has 1 fully saturated rings. The molecule has 0 N–H and O–H groups in total. The molecular formula is C14H15N5OS. The number of aromatic nitrogens is 4. The van der Waals surface area contributed by atoms with Crippen LogP contribution in [0.4, 0.5) is 5.82 Å². The van der Waals surface area contributed by atoms with E-state index in [0.717, 1.165) is 43.2 Å². The van der Waals surface area contributed by atoms with Crippen molar-refractivity contribution in [2.75, 3.05) is 18.0 Å². The Morgan fingerprint density at radius 2 is 2.14 bits per heavy atom. The van der Waals surface area contributed by atoms with Crippen molar-refractivity contribution in [2.45, 2.75) is 25.7 Å². The fourth-order valence-electron chi connectivity index (χ4n) is 2.82. The number of fused-ring (bicyclic) bond motifs is 1. The first-order valence-electron chi connectivity index (χ1n) is 7.04. The summed E-state index contributed by atoms with van der Waals surface area (Å²) in [5.41, 5.74) is 1.03. The van der Waals surface area contributed by atoms with E-state index in [2.05, 4.69) is 30.4 Å². The SMILES string of the molecule is Cc1noc(C2CCN(c3ncnc4ccsc34)CC2)n1. The van der Waals surface area contributed by atoms with Gasteiger partial charge in [0.25, 0.3) is 0 Å². The van der Waals surface area contributed by atoms with E-state index in [9.17, 15) is 0 Å². The molecule has 4 rings (SSSR count). The van der Waals surface area contributed by atoms with Crippen LogP contribution in [0.5, 0.6) is 0 Å². The number of thiophene rings is 1. The molecule has 108 valence electrons. The molecule has 21 heavy (non-hydrogen) atoms. The third-order valence-electron chi connectivity index (χ3n) is 3.91. The van der Waals surface area contributed by atoms with Crippen LogP contribution < -0.4 is 4.90 Å². The summed E-state index contributed by atoms with van der Waals surface area (Å²) < 4.78 is 6.47. The zero-order valence-corrected chi connectivity index (χ0v) is 12.5. The van der Waals surface area contributed by atoms with E-state index in [-0.39, 0.29) is 0 Å². The van der Waals surface area contributed by atoms with Gasteiger partial charge in [0.1, 0.15) is 12.1 Å². The zero-order chi connectivity index (χ0) is 14.2. The average molecular weight is 301 g/mol.